The van der Waals surface area contributed by atoms with Gasteiger partial charge in [0.2, 0.25) is 11.8 Å². The molecular weight excluding hydrogens is 341 g/mol. The topological polar surface area (TPSA) is 73.8 Å². The third kappa shape index (κ3) is 4.01. The lowest BCUT2D eigenvalue weighted by atomic mass is 10.1. The van der Waals surface area contributed by atoms with Crippen molar-refractivity contribution in [2.45, 2.75) is 18.9 Å². The highest BCUT2D eigenvalue weighted by Gasteiger charge is 2.26. The molecule has 138 valence electrons. The summed E-state index contributed by atoms with van der Waals surface area (Å²) in [4.78, 5) is 22.5. The predicted molar refractivity (Wildman–Crippen MR) is 91.1 cm³/mol. The highest BCUT2D eigenvalue weighted by Crippen LogP contribution is 2.22. The van der Waals surface area contributed by atoms with Crippen LogP contribution in [0.3, 0.4) is 0 Å². The number of rotatable bonds is 5. The fraction of sp³-hybridized carbons (Fsp3) is 0.389. The van der Waals surface area contributed by atoms with E-state index in [0.717, 1.165) is 12.8 Å². The molecule has 1 saturated heterocycles. The van der Waals surface area contributed by atoms with Crippen LogP contribution < -0.4 is 14.2 Å². The highest BCUT2D eigenvalue weighted by atomic mass is 19.1. The predicted octanol–water partition coefficient (Wildman–Crippen LogP) is 2.32. The Labute approximate surface area is 150 Å². The molecule has 1 aromatic carbocycles. The Morgan fingerprint density at radius 1 is 1.23 bits per heavy atom. The van der Waals surface area contributed by atoms with Crippen molar-refractivity contribution < 1.29 is 23.4 Å². The Bertz CT molecular complexity index is 787. The van der Waals surface area contributed by atoms with Crippen molar-refractivity contribution in [3.63, 3.8) is 0 Å². The number of halogens is 1. The fourth-order valence-electron chi connectivity index (χ4n) is 2.86. The largest absolute Gasteiger partial charge is 0.494 e. The standard InChI is InChI=1S/C18H20FN3O4/c1-24-15-6-5-12(8-14(15)19)18(23)22-7-3-4-13(11-22)26-17-10-20-9-16(21-17)25-2/h5-6,8-10,13H,3-4,7,11H2,1-2H3. The number of piperidine rings is 1. The molecular formula is C18H20FN3O4. The average Bonchev–Trinajstić information content (AvgIpc) is 2.67. The van der Waals surface area contributed by atoms with Crippen molar-refractivity contribution in [2.24, 2.45) is 0 Å². The summed E-state index contributed by atoms with van der Waals surface area (Å²) in [6.45, 7) is 0.988. The van der Waals surface area contributed by atoms with Gasteiger partial charge < -0.3 is 19.1 Å². The molecule has 2 heterocycles. The first kappa shape index (κ1) is 17.9. The van der Waals surface area contributed by atoms with Gasteiger partial charge in [-0.15, -0.1) is 0 Å². The SMILES string of the molecule is COc1cncc(OC2CCCN(C(=O)c3ccc(OC)c(F)c3)C2)n1. The van der Waals surface area contributed by atoms with Gasteiger partial charge in [0, 0.05) is 12.1 Å². The van der Waals surface area contributed by atoms with Crippen LogP contribution in [0.1, 0.15) is 23.2 Å². The Hall–Kier alpha value is -2.90. The number of hydrogen-bond acceptors (Lipinski definition) is 6. The van der Waals surface area contributed by atoms with E-state index in [2.05, 4.69) is 9.97 Å². The van der Waals surface area contributed by atoms with Crippen molar-refractivity contribution in [1.29, 1.82) is 0 Å². The zero-order valence-electron chi connectivity index (χ0n) is 14.6. The number of benzene rings is 1. The van der Waals surface area contributed by atoms with Gasteiger partial charge in [0.25, 0.3) is 5.91 Å². The van der Waals surface area contributed by atoms with E-state index < -0.39 is 5.82 Å². The normalized spacial score (nSPS) is 16.9. The van der Waals surface area contributed by atoms with Crippen molar-refractivity contribution in [2.75, 3.05) is 27.3 Å². The van der Waals surface area contributed by atoms with Crippen molar-refractivity contribution >= 4 is 5.91 Å². The van der Waals surface area contributed by atoms with Gasteiger partial charge in [-0.1, -0.05) is 0 Å². The molecule has 0 saturated carbocycles. The summed E-state index contributed by atoms with van der Waals surface area (Å²) in [7, 11) is 2.89. The van der Waals surface area contributed by atoms with E-state index in [1.54, 1.807) is 11.0 Å². The number of likely N-dealkylation sites (tertiary alicyclic amines) is 1. The van der Waals surface area contributed by atoms with Crippen LogP contribution in [0.25, 0.3) is 0 Å². The number of nitrogens with zero attached hydrogens (tertiary/aromatic N) is 3. The van der Waals surface area contributed by atoms with Gasteiger partial charge in [0.1, 0.15) is 6.10 Å². The maximum atomic E-state index is 13.9. The second-order valence-corrected chi connectivity index (χ2v) is 5.88. The first-order valence-electron chi connectivity index (χ1n) is 8.26. The zero-order chi connectivity index (χ0) is 18.5. The number of ether oxygens (including phenoxy) is 3. The van der Waals surface area contributed by atoms with Crippen LogP contribution in [0, 0.1) is 5.82 Å². The third-order valence-electron chi connectivity index (χ3n) is 4.15. The lowest BCUT2D eigenvalue weighted by Gasteiger charge is -2.32. The number of carbonyl (C=O) groups is 1. The number of aromatic nitrogens is 2. The molecule has 7 nitrogen and oxygen atoms in total. The fourth-order valence-corrected chi connectivity index (χ4v) is 2.86. The van der Waals surface area contributed by atoms with Gasteiger partial charge in [-0.05, 0) is 31.0 Å². The Morgan fingerprint density at radius 2 is 2.04 bits per heavy atom. The maximum Gasteiger partial charge on any atom is 0.254 e. The Kier molecular flexibility index (Phi) is 5.50. The number of amides is 1. The molecule has 1 atom stereocenters. The van der Waals surface area contributed by atoms with E-state index in [9.17, 15) is 9.18 Å². The molecule has 2 aromatic rings. The summed E-state index contributed by atoms with van der Waals surface area (Å²) in [5, 5.41) is 0. The molecule has 0 spiro atoms. The lowest BCUT2D eigenvalue weighted by molar-refractivity contribution is 0.0525. The summed E-state index contributed by atoms with van der Waals surface area (Å²) < 4.78 is 29.6. The van der Waals surface area contributed by atoms with Gasteiger partial charge >= 0.3 is 0 Å². The Morgan fingerprint density at radius 3 is 2.77 bits per heavy atom. The van der Waals surface area contributed by atoms with Crippen molar-refractivity contribution in [3.05, 3.63) is 42.0 Å². The number of carbonyl (C=O) groups excluding carboxylic acids is 1. The molecule has 1 fully saturated rings. The van der Waals surface area contributed by atoms with E-state index in [1.807, 2.05) is 0 Å². The molecule has 1 aliphatic rings. The van der Waals surface area contributed by atoms with Crippen LogP contribution >= 0.6 is 0 Å². The van der Waals surface area contributed by atoms with Gasteiger partial charge in [0.05, 0.1) is 33.2 Å². The number of hydrogen-bond donors (Lipinski definition) is 0. The minimum Gasteiger partial charge on any atom is -0.494 e. The molecule has 26 heavy (non-hydrogen) atoms. The van der Waals surface area contributed by atoms with Crippen LogP contribution in [0.4, 0.5) is 4.39 Å². The Balaban J connectivity index is 1.67. The molecule has 1 amide bonds. The zero-order valence-corrected chi connectivity index (χ0v) is 14.6. The van der Waals surface area contributed by atoms with Crippen LogP contribution in [0.2, 0.25) is 0 Å². The van der Waals surface area contributed by atoms with Gasteiger partial charge in [-0.25, -0.2) is 4.39 Å². The van der Waals surface area contributed by atoms with Crippen LogP contribution in [-0.2, 0) is 0 Å². The van der Waals surface area contributed by atoms with Crippen molar-refractivity contribution in [1.82, 2.24) is 14.9 Å². The second kappa shape index (κ2) is 7.99. The van der Waals surface area contributed by atoms with Crippen LogP contribution in [0.15, 0.2) is 30.6 Å². The molecule has 0 bridgehead atoms. The van der Waals surface area contributed by atoms with Gasteiger partial charge in [-0.2, -0.15) is 4.98 Å². The molecule has 3 rings (SSSR count). The van der Waals surface area contributed by atoms with Gasteiger partial charge in [0.15, 0.2) is 11.6 Å². The van der Waals surface area contributed by atoms with E-state index in [1.165, 1.54) is 38.7 Å². The molecule has 0 N–H and O–H groups in total. The van der Waals surface area contributed by atoms with E-state index in [0.29, 0.717) is 24.8 Å². The minimum absolute atomic E-state index is 0.109. The number of methoxy groups -OCH3 is 2. The molecule has 1 aliphatic heterocycles. The summed E-state index contributed by atoms with van der Waals surface area (Å²) in [5.41, 5.74) is 0.283. The summed E-state index contributed by atoms with van der Waals surface area (Å²) in [5.74, 6) is 0.0171. The van der Waals surface area contributed by atoms with Crippen LogP contribution in [-0.4, -0.2) is 54.2 Å². The summed E-state index contributed by atoms with van der Waals surface area (Å²) in [6.07, 6.45) is 4.35. The first-order valence-corrected chi connectivity index (χ1v) is 8.26. The summed E-state index contributed by atoms with van der Waals surface area (Å²) >= 11 is 0. The quantitative estimate of drug-likeness (QED) is 0.814. The van der Waals surface area contributed by atoms with Crippen molar-refractivity contribution in [3.8, 4) is 17.5 Å². The van der Waals surface area contributed by atoms with Crippen LogP contribution in [0.5, 0.6) is 17.5 Å². The third-order valence-corrected chi connectivity index (χ3v) is 4.15. The summed E-state index contributed by atoms with van der Waals surface area (Å²) in [6, 6.07) is 4.20. The average molecular weight is 361 g/mol. The molecule has 1 aromatic heterocycles. The molecule has 0 radical (unpaired) electrons. The van der Waals surface area contributed by atoms with E-state index in [-0.39, 0.29) is 23.3 Å². The first-order chi connectivity index (χ1) is 12.6. The minimum atomic E-state index is -0.560. The molecule has 8 heteroatoms. The molecule has 0 aliphatic carbocycles. The monoisotopic (exact) mass is 361 g/mol. The van der Waals surface area contributed by atoms with E-state index in [4.69, 9.17) is 14.2 Å². The smallest absolute Gasteiger partial charge is 0.254 e. The molecule has 1 unspecified atom stereocenters. The highest BCUT2D eigenvalue weighted by molar-refractivity contribution is 5.94. The van der Waals surface area contributed by atoms with Gasteiger partial charge in [-0.3, -0.25) is 9.78 Å². The van der Waals surface area contributed by atoms with E-state index >= 15 is 0 Å². The lowest BCUT2D eigenvalue weighted by Crippen LogP contribution is -2.44. The second-order valence-electron chi connectivity index (χ2n) is 5.88. The maximum absolute atomic E-state index is 13.9.